The van der Waals surface area contributed by atoms with Crippen LogP contribution in [0.25, 0.3) is 5.69 Å². The summed E-state index contributed by atoms with van der Waals surface area (Å²) in [6, 6.07) is 22.0. The first-order chi connectivity index (χ1) is 14.5. The molecule has 0 radical (unpaired) electrons. The van der Waals surface area contributed by atoms with Gasteiger partial charge in [0.15, 0.2) is 0 Å². The van der Waals surface area contributed by atoms with Gasteiger partial charge in [-0.2, -0.15) is 5.26 Å². The smallest absolute Gasteiger partial charge is 0.253 e. The summed E-state index contributed by atoms with van der Waals surface area (Å²) in [6.07, 6.45) is 0. The molecule has 0 atom stereocenters. The molecule has 0 aliphatic carbocycles. The van der Waals surface area contributed by atoms with Crippen LogP contribution in [0.4, 0.5) is 0 Å². The second-order valence-electron chi connectivity index (χ2n) is 7.88. The van der Waals surface area contributed by atoms with Crippen LogP contribution in [0.2, 0.25) is 0 Å². The van der Waals surface area contributed by atoms with Gasteiger partial charge in [0.25, 0.3) is 5.91 Å². The summed E-state index contributed by atoms with van der Waals surface area (Å²) in [5.41, 5.74) is 6.07. The summed E-state index contributed by atoms with van der Waals surface area (Å²) >= 11 is 0. The second kappa shape index (κ2) is 8.56. The van der Waals surface area contributed by atoms with Crippen molar-refractivity contribution in [2.45, 2.75) is 20.4 Å². The predicted octanol–water partition coefficient (Wildman–Crippen LogP) is 3.92. The fourth-order valence-corrected chi connectivity index (χ4v) is 4.06. The maximum atomic E-state index is 12.9. The largest absolute Gasteiger partial charge is 0.336 e. The Labute approximate surface area is 177 Å². The summed E-state index contributed by atoms with van der Waals surface area (Å²) in [4.78, 5) is 17.2. The molecule has 3 aromatic rings. The predicted molar refractivity (Wildman–Crippen MR) is 118 cm³/mol. The van der Waals surface area contributed by atoms with Crippen molar-refractivity contribution in [1.29, 1.82) is 5.26 Å². The summed E-state index contributed by atoms with van der Waals surface area (Å²) in [7, 11) is 0. The number of aromatic nitrogens is 1. The van der Waals surface area contributed by atoms with E-state index < -0.39 is 0 Å². The highest BCUT2D eigenvalue weighted by atomic mass is 16.2. The fourth-order valence-electron chi connectivity index (χ4n) is 4.06. The number of piperazine rings is 1. The lowest BCUT2D eigenvalue weighted by atomic mass is 10.1. The van der Waals surface area contributed by atoms with Gasteiger partial charge in [-0.15, -0.1) is 0 Å². The zero-order valence-electron chi connectivity index (χ0n) is 17.5. The molecule has 5 heteroatoms. The fraction of sp³-hybridized carbons (Fsp3) is 0.280. The second-order valence-corrected chi connectivity index (χ2v) is 7.88. The molecule has 0 unspecified atom stereocenters. The molecule has 5 nitrogen and oxygen atoms in total. The molecular weight excluding hydrogens is 372 g/mol. The van der Waals surface area contributed by atoms with Gasteiger partial charge in [-0.05, 0) is 67.9 Å². The quantitative estimate of drug-likeness (QED) is 0.669. The van der Waals surface area contributed by atoms with E-state index >= 15 is 0 Å². The maximum Gasteiger partial charge on any atom is 0.253 e. The Bertz CT molecular complexity index is 1050. The number of rotatable bonds is 4. The number of carbonyl (C=O) groups is 1. The van der Waals surface area contributed by atoms with Crippen LogP contribution in [0.5, 0.6) is 0 Å². The molecule has 0 N–H and O–H groups in total. The molecule has 2 heterocycles. The molecule has 1 amide bonds. The number of nitrogens with zero attached hydrogens (tertiary/aromatic N) is 4. The Kier molecular flexibility index (Phi) is 5.69. The van der Waals surface area contributed by atoms with Gasteiger partial charge < -0.3 is 9.47 Å². The molecular formula is C25H26N4O. The van der Waals surface area contributed by atoms with E-state index in [2.05, 4.69) is 41.5 Å². The normalized spacial score (nSPS) is 14.5. The molecule has 1 saturated heterocycles. The van der Waals surface area contributed by atoms with Gasteiger partial charge >= 0.3 is 0 Å². The van der Waals surface area contributed by atoms with Gasteiger partial charge in [0.1, 0.15) is 0 Å². The first-order valence-electron chi connectivity index (χ1n) is 10.3. The van der Waals surface area contributed by atoms with Crippen LogP contribution >= 0.6 is 0 Å². The summed E-state index contributed by atoms with van der Waals surface area (Å²) in [5.74, 6) is 0.0977. The van der Waals surface area contributed by atoms with Crippen molar-refractivity contribution in [2.75, 3.05) is 26.2 Å². The van der Waals surface area contributed by atoms with Crippen molar-refractivity contribution >= 4 is 5.91 Å². The number of benzene rings is 2. The molecule has 0 bridgehead atoms. The number of nitriles is 1. The minimum atomic E-state index is 0.0977. The van der Waals surface area contributed by atoms with Crippen molar-refractivity contribution in [2.24, 2.45) is 0 Å². The van der Waals surface area contributed by atoms with Crippen LogP contribution in [-0.4, -0.2) is 46.5 Å². The third kappa shape index (κ3) is 4.14. The number of hydrogen-bond acceptors (Lipinski definition) is 3. The first-order valence-corrected chi connectivity index (χ1v) is 10.3. The zero-order chi connectivity index (χ0) is 21.1. The Balaban J connectivity index is 1.35. The van der Waals surface area contributed by atoms with E-state index in [1.165, 1.54) is 17.0 Å². The lowest BCUT2D eigenvalue weighted by Gasteiger charge is -2.34. The number of amides is 1. The topological polar surface area (TPSA) is 52.3 Å². The van der Waals surface area contributed by atoms with E-state index in [-0.39, 0.29) is 5.91 Å². The molecule has 1 aromatic heterocycles. The average molecular weight is 399 g/mol. The SMILES string of the molecule is Cc1ccc(C)n1-c1ccc(C(=O)N2CCN(Cc3ccc(C#N)cc3)CC2)cc1. The Morgan fingerprint density at radius 2 is 1.47 bits per heavy atom. The first kappa shape index (κ1) is 19.9. The number of carbonyl (C=O) groups excluding carboxylic acids is 1. The molecule has 4 rings (SSSR count). The minimum absolute atomic E-state index is 0.0977. The standard InChI is InChI=1S/C25H26N4O/c1-19-3-4-20(2)29(19)24-11-9-23(10-12-24)25(30)28-15-13-27(14-16-28)18-22-7-5-21(17-26)6-8-22/h3-12H,13-16,18H2,1-2H3. The van der Waals surface area contributed by atoms with E-state index in [4.69, 9.17) is 5.26 Å². The van der Waals surface area contributed by atoms with E-state index in [0.29, 0.717) is 5.56 Å². The lowest BCUT2D eigenvalue weighted by molar-refractivity contribution is 0.0628. The van der Waals surface area contributed by atoms with Crippen molar-refractivity contribution < 1.29 is 4.79 Å². The van der Waals surface area contributed by atoms with Gasteiger partial charge in [-0.3, -0.25) is 9.69 Å². The highest BCUT2D eigenvalue weighted by molar-refractivity contribution is 5.94. The van der Waals surface area contributed by atoms with Crippen LogP contribution in [0.3, 0.4) is 0 Å². The lowest BCUT2D eigenvalue weighted by Crippen LogP contribution is -2.48. The number of aryl methyl sites for hydroxylation is 2. The molecule has 2 aromatic carbocycles. The molecule has 30 heavy (non-hydrogen) atoms. The molecule has 0 spiro atoms. The van der Waals surface area contributed by atoms with Gasteiger partial charge in [-0.1, -0.05) is 12.1 Å². The van der Waals surface area contributed by atoms with Crippen molar-refractivity contribution in [3.63, 3.8) is 0 Å². The summed E-state index contributed by atoms with van der Waals surface area (Å²) < 4.78 is 2.19. The Morgan fingerprint density at radius 3 is 2.03 bits per heavy atom. The molecule has 1 aliphatic heterocycles. The van der Waals surface area contributed by atoms with Crippen molar-refractivity contribution in [3.05, 3.63) is 88.7 Å². The monoisotopic (exact) mass is 398 g/mol. The van der Waals surface area contributed by atoms with E-state index in [0.717, 1.165) is 44.0 Å². The van der Waals surface area contributed by atoms with E-state index in [1.807, 2.05) is 53.4 Å². The van der Waals surface area contributed by atoms with Gasteiger partial charge in [-0.25, -0.2) is 0 Å². The highest BCUT2D eigenvalue weighted by Gasteiger charge is 2.22. The zero-order valence-corrected chi connectivity index (χ0v) is 17.5. The van der Waals surface area contributed by atoms with Gasteiger partial charge in [0.05, 0.1) is 11.6 Å². The van der Waals surface area contributed by atoms with Crippen molar-refractivity contribution in [3.8, 4) is 11.8 Å². The molecule has 0 saturated carbocycles. The summed E-state index contributed by atoms with van der Waals surface area (Å²) in [6.45, 7) is 8.18. The highest BCUT2D eigenvalue weighted by Crippen LogP contribution is 2.18. The van der Waals surface area contributed by atoms with E-state index in [9.17, 15) is 4.79 Å². The molecule has 152 valence electrons. The Hall–Kier alpha value is -3.36. The maximum absolute atomic E-state index is 12.9. The van der Waals surface area contributed by atoms with E-state index in [1.54, 1.807) is 0 Å². The average Bonchev–Trinajstić information content (AvgIpc) is 3.12. The van der Waals surface area contributed by atoms with Crippen LogP contribution in [0, 0.1) is 25.2 Å². The van der Waals surface area contributed by atoms with Crippen LogP contribution in [0.1, 0.15) is 32.9 Å². The number of hydrogen-bond donors (Lipinski definition) is 0. The summed E-state index contributed by atoms with van der Waals surface area (Å²) in [5, 5.41) is 8.91. The Morgan fingerprint density at radius 1 is 0.867 bits per heavy atom. The molecule has 1 fully saturated rings. The van der Waals surface area contributed by atoms with Crippen LogP contribution in [-0.2, 0) is 6.54 Å². The minimum Gasteiger partial charge on any atom is -0.336 e. The van der Waals surface area contributed by atoms with Gasteiger partial charge in [0, 0.05) is 55.4 Å². The third-order valence-electron chi connectivity index (χ3n) is 5.79. The van der Waals surface area contributed by atoms with Gasteiger partial charge in [0.2, 0.25) is 0 Å². The van der Waals surface area contributed by atoms with Crippen LogP contribution < -0.4 is 0 Å². The molecule has 1 aliphatic rings. The third-order valence-corrected chi connectivity index (χ3v) is 5.79. The van der Waals surface area contributed by atoms with Crippen LogP contribution in [0.15, 0.2) is 60.7 Å². The van der Waals surface area contributed by atoms with Crippen molar-refractivity contribution in [1.82, 2.24) is 14.4 Å².